The smallest absolute Gasteiger partial charge is 0.308 e. The number of nitrogens with two attached hydrogens (primary N) is 1. The van der Waals surface area contributed by atoms with Crippen LogP contribution in [0.3, 0.4) is 0 Å². The molecule has 130 valence electrons. The van der Waals surface area contributed by atoms with E-state index < -0.39 is 21.9 Å². The summed E-state index contributed by atoms with van der Waals surface area (Å²) in [6.45, 7) is 1.31. The van der Waals surface area contributed by atoms with E-state index in [1.54, 1.807) is 24.3 Å². The van der Waals surface area contributed by atoms with E-state index in [1.807, 2.05) is 0 Å². The summed E-state index contributed by atoms with van der Waals surface area (Å²) in [7, 11) is -3.80. The second-order valence-electron chi connectivity index (χ2n) is 4.93. The van der Waals surface area contributed by atoms with Gasteiger partial charge in [-0.05, 0) is 54.1 Å². The molecule has 0 unspecified atom stereocenters. The van der Waals surface area contributed by atoms with Gasteiger partial charge in [0.15, 0.2) is 0 Å². The SMILES string of the molecule is CC(=O)Oc1ccc(/C=N/NC(=O)c2ccc(S(N)(=O)=O)cc2)cc1. The van der Waals surface area contributed by atoms with Crippen LogP contribution < -0.4 is 15.3 Å². The van der Waals surface area contributed by atoms with Crippen molar-refractivity contribution >= 4 is 28.1 Å². The molecule has 1 amide bonds. The van der Waals surface area contributed by atoms with Gasteiger partial charge in [0.1, 0.15) is 5.75 Å². The first kappa shape index (κ1) is 18.3. The third-order valence-electron chi connectivity index (χ3n) is 2.97. The topological polar surface area (TPSA) is 128 Å². The molecule has 25 heavy (non-hydrogen) atoms. The van der Waals surface area contributed by atoms with Crippen LogP contribution in [0.1, 0.15) is 22.8 Å². The molecular weight excluding hydrogens is 346 g/mol. The first-order valence-corrected chi connectivity index (χ1v) is 8.55. The molecule has 3 N–H and O–H groups in total. The lowest BCUT2D eigenvalue weighted by atomic mass is 10.2. The van der Waals surface area contributed by atoms with Crippen LogP contribution in [0.15, 0.2) is 58.5 Å². The molecule has 0 spiro atoms. The molecule has 0 aliphatic carbocycles. The fraction of sp³-hybridized carbons (Fsp3) is 0.0625. The Kier molecular flexibility index (Phi) is 5.63. The Morgan fingerprint density at radius 2 is 1.68 bits per heavy atom. The van der Waals surface area contributed by atoms with Crippen LogP contribution in [0.4, 0.5) is 0 Å². The Balaban J connectivity index is 1.97. The number of carbonyl (C=O) groups excluding carboxylic acids is 2. The molecule has 0 aromatic heterocycles. The number of nitrogens with zero attached hydrogens (tertiary/aromatic N) is 1. The molecule has 9 heteroatoms. The summed E-state index contributed by atoms with van der Waals surface area (Å²) in [6, 6.07) is 11.6. The summed E-state index contributed by atoms with van der Waals surface area (Å²) in [5.74, 6) is -0.514. The number of primary sulfonamides is 1. The molecular formula is C16H15N3O5S. The van der Waals surface area contributed by atoms with Gasteiger partial charge in [-0.3, -0.25) is 9.59 Å². The summed E-state index contributed by atoms with van der Waals surface area (Å²) in [5, 5.41) is 8.79. The van der Waals surface area contributed by atoms with Crippen molar-refractivity contribution in [3.8, 4) is 5.75 Å². The van der Waals surface area contributed by atoms with Gasteiger partial charge in [0.2, 0.25) is 10.0 Å². The quantitative estimate of drug-likeness (QED) is 0.356. The Morgan fingerprint density at radius 3 is 2.20 bits per heavy atom. The van der Waals surface area contributed by atoms with Gasteiger partial charge in [-0.25, -0.2) is 19.0 Å². The van der Waals surface area contributed by atoms with Gasteiger partial charge in [-0.15, -0.1) is 0 Å². The Labute approximate surface area is 144 Å². The largest absolute Gasteiger partial charge is 0.427 e. The maximum absolute atomic E-state index is 11.9. The minimum Gasteiger partial charge on any atom is -0.427 e. The van der Waals surface area contributed by atoms with Crippen molar-refractivity contribution in [3.05, 3.63) is 59.7 Å². The van der Waals surface area contributed by atoms with Crippen LogP contribution in [0.2, 0.25) is 0 Å². The van der Waals surface area contributed by atoms with Crippen molar-refractivity contribution in [2.24, 2.45) is 10.2 Å². The molecule has 0 aliphatic heterocycles. The van der Waals surface area contributed by atoms with Gasteiger partial charge in [0.25, 0.3) is 5.91 Å². The van der Waals surface area contributed by atoms with Crippen LogP contribution in [-0.4, -0.2) is 26.5 Å². The zero-order chi connectivity index (χ0) is 18.4. The van der Waals surface area contributed by atoms with E-state index >= 15 is 0 Å². The molecule has 8 nitrogen and oxygen atoms in total. The number of rotatable bonds is 5. The van der Waals surface area contributed by atoms with E-state index in [2.05, 4.69) is 10.5 Å². The van der Waals surface area contributed by atoms with E-state index in [0.29, 0.717) is 11.3 Å². The molecule has 0 atom stereocenters. The average Bonchev–Trinajstić information content (AvgIpc) is 2.55. The minimum atomic E-state index is -3.80. The van der Waals surface area contributed by atoms with Crippen molar-refractivity contribution < 1.29 is 22.7 Å². The van der Waals surface area contributed by atoms with Crippen molar-refractivity contribution in [3.63, 3.8) is 0 Å². The first-order valence-electron chi connectivity index (χ1n) is 7.00. The van der Waals surface area contributed by atoms with Gasteiger partial charge >= 0.3 is 5.97 Å². The zero-order valence-electron chi connectivity index (χ0n) is 13.2. The van der Waals surface area contributed by atoms with Gasteiger partial charge in [-0.1, -0.05) is 0 Å². The number of benzene rings is 2. The molecule has 2 rings (SSSR count). The third kappa shape index (κ3) is 5.52. The summed E-state index contributed by atoms with van der Waals surface area (Å²) in [5.41, 5.74) is 3.23. The lowest BCUT2D eigenvalue weighted by Gasteiger charge is -2.02. The maximum atomic E-state index is 11.9. The highest BCUT2D eigenvalue weighted by atomic mass is 32.2. The van der Waals surface area contributed by atoms with E-state index in [4.69, 9.17) is 9.88 Å². The number of ether oxygens (including phenoxy) is 1. The predicted octanol–water partition coefficient (Wildman–Crippen LogP) is 1.02. The normalized spacial score (nSPS) is 11.3. The average molecular weight is 361 g/mol. The van der Waals surface area contributed by atoms with Crippen LogP contribution >= 0.6 is 0 Å². The molecule has 0 fully saturated rings. The fourth-order valence-electron chi connectivity index (χ4n) is 1.81. The molecule has 0 aliphatic rings. The van der Waals surface area contributed by atoms with Crippen molar-refractivity contribution in [2.45, 2.75) is 11.8 Å². The van der Waals surface area contributed by atoms with E-state index in [9.17, 15) is 18.0 Å². The summed E-state index contributed by atoms with van der Waals surface area (Å²) in [6.07, 6.45) is 1.41. The second kappa shape index (κ2) is 7.69. The Morgan fingerprint density at radius 1 is 1.08 bits per heavy atom. The fourth-order valence-corrected chi connectivity index (χ4v) is 2.33. The monoisotopic (exact) mass is 361 g/mol. The van der Waals surface area contributed by atoms with Gasteiger partial charge in [0.05, 0.1) is 11.1 Å². The standard InChI is InChI=1S/C16H15N3O5S/c1-11(20)24-14-6-2-12(3-7-14)10-18-19-16(21)13-4-8-15(9-5-13)25(17,22)23/h2-10H,1H3,(H,19,21)(H2,17,22,23)/b18-10+. The lowest BCUT2D eigenvalue weighted by Crippen LogP contribution is -2.18. The highest BCUT2D eigenvalue weighted by Gasteiger charge is 2.09. The number of esters is 1. The molecule has 2 aromatic rings. The highest BCUT2D eigenvalue weighted by molar-refractivity contribution is 7.89. The van der Waals surface area contributed by atoms with Crippen molar-refractivity contribution in [1.82, 2.24) is 5.43 Å². The molecule has 2 aromatic carbocycles. The molecule has 0 heterocycles. The summed E-state index contributed by atoms with van der Waals surface area (Å²) < 4.78 is 27.2. The number of hydrazone groups is 1. The zero-order valence-corrected chi connectivity index (χ0v) is 14.0. The number of nitrogens with one attached hydrogen (secondary N) is 1. The van der Waals surface area contributed by atoms with Gasteiger partial charge in [0, 0.05) is 12.5 Å². The predicted molar refractivity (Wildman–Crippen MR) is 90.6 cm³/mol. The number of sulfonamides is 1. The Bertz CT molecular complexity index is 904. The number of hydrogen-bond donors (Lipinski definition) is 2. The third-order valence-corrected chi connectivity index (χ3v) is 3.90. The molecule has 0 saturated carbocycles. The summed E-state index contributed by atoms with van der Waals surface area (Å²) >= 11 is 0. The minimum absolute atomic E-state index is 0.0829. The van der Waals surface area contributed by atoms with Crippen LogP contribution in [-0.2, 0) is 14.8 Å². The van der Waals surface area contributed by atoms with E-state index in [1.165, 1.54) is 37.4 Å². The van der Waals surface area contributed by atoms with Crippen molar-refractivity contribution in [2.75, 3.05) is 0 Å². The van der Waals surface area contributed by atoms with E-state index in [-0.39, 0.29) is 10.5 Å². The number of carbonyl (C=O) groups is 2. The Hall–Kier alpha value is -3.04. The molecule has 0 bridgehead atoms. The summed E-state index contributed by atoms with van der Waals surface area (Å²) in [4.78, 5) is 22.6. The van der Waals surface area contributed by atoms with Crippen LogP contribution in [0.25, 0.3) is 0 Å². The van der Waals surface area contributed by atoms with E-state index in [0.717, 1.165) is 0 Å². The van der Waals surface area contributed by atoms with Crippen molar-refractivity contribution in [1.29, 1.82) is 0 Å². The number of amides is 1. The highest BCUT2D eigenvalue weighted by Crippen LogP contribution is 2.11. The van der Waals surface area contributed by atoms with Gasteiger partial charge in [-0.2, -0.15) is 5.10 Å². The second-order valence-corrected chi connectivity index (χ2v) is 6.49. The molecule has 0 radical (unpaired) electrons. The lowest BCUT2D eigenvalue weighted by molar-refractivity contribution is -0.131. The first-order chi connectivity index (χ1) is 11.8. The van der Waals surface area contributed by atoms with Gasteiger partial charge < -0.3 is 4.74 Å². The maximum Gasteiger partial charge on any atom is 0.308 e. The molecule has 0 saturated heterocycles. The van der Waals surface area contributed by atoms with Crippen LogP contribution in [0.5, 0.6) is 5.75 Å². The van der Waals surface area contributed by atoms with Crippen LogP contribution in [0, 0.1) is 0 Å². The number of hydrogen-bond acceptors (Lipinski definition) is 6.